The highest BCUT2D eigenvalue weighted by Crippen LogP contribution is 2.37. The Morgan fingerprint density at radius 2 is 2.22 bits per heavy atom. The van der Waals surface area contributed by atoms with Gasteiger partial charge in [0.2, 0.25) is 0 Å². The van der Waals surface area contributed by atoms with Crippen molar-refractivity contribution in [2.24, 2.45) is 11.8 Å². The zero-order valence-electron chi connectivity index (χ0n) is 12.8. The number of hydrazine groups is 1. The minimum Gasteiger partial charge on any atom is -0.484 e. The van der Waals surface area contributed by atoms with E-state index in [2.05, 4.69) is 23.1 Å². The SMILES string of the molecule is CC1C(NC(=O)COc2cccc([N+](=O)[O-])c2)NNC1C1CC1. The van der Waals surface area contributed by atoms with E-state index in [0.717, 1.165) is 0 Å². The summed E-state index contributed by atoms with van der Waals surface area (Å²) < 4.78 is 5.33. The number of hydrogen-bond acceptors (Lipinski definition) is 6. The van der Waals surface area contributed by atoms with Gasteiger partial charge in [0.05, 0.1) is 17.2 Å². The maximum atomic E-state index is 12.0. The van der Waals surface area contributed by atoms with Crippen LogP contribution < -0.4 is 20.9 Å². The fourth-order valence-electron chi connectivity index (χ4n) is 2.88. The van der Waals surface area contributed by atoms with Crippen LogP contribution in [0.3, 0.4) is 0 Å². The van der Waals surface area contributed by atoms with Gasteiger partial charge in [0.1, 0.15) is 5.75 Å². The molecule has 1 amide bonds. The van der Waals surface area contributed by atoms with Crippen LogP contribution in [0.1, 0.15) is 19.8 Å². The lowest BCUT2D eigenvalue weighted by molar-refractivity contribution is -0.384. The van der Waals surface area contributed by atoms with Crippen molar-refractivity contribution < 1.29 is 14.5 Å². The van der Waals surface area contributed by atoms with Gasteiger partial charge in [-0.2, -0.15) is 0 Å². The third kappa shape index (κ3) is 3.77. The van der Waals surface area contributed by atoms with Crippen molar-refractivity contribution in [1.82, 2.24) is 16.2 Å². The van der Waals surface area contributed by atoms with Gasteiger partial charge in [-0.15, -0.1) is 0 Å². The molecular weight excluding hydrogens is 300 g/mol. The number of amides is 1. The van der Waals surface area contributed by atoms with Crippen molar-refractivity contribution in [3.05, 3.63) is 34.4 Å². The van der Waals surface area contributed by atoms with Gasteiger partial charge < -0.3 is 10.1 Å². The summed E-state index contributed by atoms with van der Waals surface area (Å²) in [6.07, 6.45) is 2.34. The number of non-ortho nitro benzene ring substituents is 1. The molecule has 1 aliphatic carbocycles. The van der Waals surface area contributed by atoms with Gasteiger partial charge in [-0.25, -0.2) is 5.43 Å². The van der Waals surface area contributed by atoms with Crippen molar-refractivity contribution in [2.45, 2.75) is 32.0 Å². The molecule has 0 radical (unpaired) electrons. The van der Waals surface area contributed by atoms with E-state index in [1.807, 2.05) is 0 Å². The van der Waals surface area contributed by atoms with Crippen LogP contribution in [0.25, 0.3) is 0 Å². The first kappa shape index (κ1) is 15.7. The summed E-state index contributed by atoms with van der Waals surface area (Å²) in [6.45, 7) is 1.92. The summed E-state index contributed by atoms with van der Waals surface area (Å²) in [6, 6.07) is 6.17. The van der Waals surface area contributed by atoms with Gasteiger partial charge in [-0.05, 0) is 24.8 Å². The minimum atomic E-state index is -0.499. The fraction of sp³-hybridized carbons (Fsp3) is 0.533. The van der Waals surface area contributed by atoms with E-state index >= 15 is 0 Å². The molecule has 3 atom stereocenters. The second-order valence-corrected chi connectivity index (χ2v) is 6.10. The number of nitrogens with one attached hydrogen (secondary N) is 3. The third-order valence-electron chi connectivity index (χ3n) is 4.34. The first-order valence-electron chi connectivity index (χ1n) is 7.72. The average molecular weight is 320 g/mol. The second-order valence-electron chi connectivity index (χ2n) is 6.10. The molecule has 3 N–H and O–H groups in total. The zero-order valence-corrected chi connectivity index (χ0v) is 12.8. The predicted molar refractivity (Wildman–Crippen MR) is 82.5 cm³/mol. The Morgan fingerprint density at radius 1 is 1.43 bits per heavy atom. The summed E-state index contributed by atoms with van der Waals surface area (Å²) >= 11 is 0. The maximum absolute atomic E-state index is 12.0. The van der Waals surface area contributed by atoms with E-state index in [0.29, 0.717) is 23.6 Å². The minimum absolute atomic E-state index is 0.0644. The van der Waals surface area contributed by atoms with Crippen LogP contribution in [0, 0.1) is 22.0 Å². The number of nitrogens with zero attached hydrogens (tertiary/aromatic N) is 1. The molecule has 2 fully saturated rings. The molecule has 8 nitrogen and oxygen atoms in total. The molecule has 1 aromatic carbocycles. The molecule has 124 valence electrons. The molecule has 8 heteroatoms. The third-order valence-corrected chi connectivity index (χ3v) is 4.34. The fourth-order valence-corrected chi connectivity index (χ4v) is 2.88. The van der Waals surface area contributed by atoms with Crippen LogP contribution in [-0.4, -0.2) is 29.6 Å². The van der Waals surface area contributed by atoms with Crippen molar-refractivity contribution in [3.8, 4) is 5.75 Å². The van der Waals surface area contributed by atoms with Crippen molar-refractivity contribution in [1.29, 1.82) is 0 Å². The molecule has 1 saturated heterocycles. The van der Waals surface area contributed by atoms with Crippen LogP contribution in [0.15, 0.2) is 24.3 Å². The zero-order chi connectivity index (χ0) is 16.4. The highest BCUT2D eigenvalue weighted by Gasteiger charge is 2.42. The molecule has 1 aliphatic heterocycles. The van der Waals surface area contributed by atoms with Crippen molar-refractivity contribution in [3.63, 3.8) is 0 Å². The van der Waals surface area contributed by atoms with E-state index in [1.165, 1.54) is 31.0 Å². The monoisotopic (exact) mass is 320 g/mol. The topological polar surface area (TPSA) is 106 Å². The van der Waals surface area contributed by atoms with E-state index in [4.69, 9.17) is 4.74 Å². The lowest BCUT2D eigenvalue weighted by Crippen LogP contribution is -2.47. The predicted octanol–water partition coefficient (Wildman–Crippen LogP) is 0.938. The Bertz CT molecular complexity index is 605. The summed E-state index contributed by atoms with van der Waals surface area (Å²) in [7, 11) is 0. The van der Waals surface area contributed by atoms with Crippen LogP contribution in [0.2, 0.25) is 0 Å². The lowest BCUT2D eigenvalue weighted by atomic mass is 9.97. The molecule has 2 aliphatic rings. The van der Waals surface area contributed by atoms with Crippen LogP contribution in [0.5, 0.6) is 5.75 Å². The Labute approximate surface area is 133 Å². The molecule has 0 aromatic heterocycles. The van der Waals surface area contributed by atoms with Gasteiger partial charge in [-0.1, -0.05) is 13.0 Å². The second kappa shape index (κ2) is 6.51. The average Bonchev–Trinajstić information content (AvgIpc) is 3.31. The van der Waals surface area contributed by atoms with Gasteiger partial charge in [0.25, 0.3) is 11.6 Å². The Balaban J connectivity index is 1.48. The van der Waals surface area contributed by atoms with Gasteiger partial charge >= 0.3 is 0 Å². The quantitative estimate of drug-likeness (QED) is 0.532. The van der Waals surface area contributed by atoms with Crippen LogP contribution in [-0.2, 0) is 4.79 Å². The number of ether oxygens (including phenoxy) is 1. The lowest BCUT2D eigenvalue weighted by Gasteiger charge is -2.19. The van der Waals surface area contributed by atoms with E-state index < -0.39 is 4.92 Å². The Hall–Kier alpha value is -2.19. The number of hydrogen-bond donors (Lipinski definition) is 3. The Morgan fingerprint density at radius 3 is 2.91 bits per heavy atom. The summed E-state index contributed by atoms with van der Waals surface area (Å²) in [5.41, 5.74) is 6.28. The molecule has 23 heavy (non-hydrogen) atoms. The number of benzene rings is 1. The van der Waals surface area contributed by atoms with E-state index in [-0.39, 0.29) is 24.4 Å². The summed E-state index contributed by atoms with van der Waals surface area (Å²) in [4.78, 5) is 22.2. The smallest absolute Gasteiger partial charge is 0.273 e. The number of carbonyl (C=O) groups excluding carboxylic acids is 1. The van der Waals surface area contributed by atoms with Crippen molar-refractivity contribution >= 4 is 11.6 Å². The molecule has 1 aromatic rings. The number of nitro groups is 1. The van der Waals surface area contributed by atoms with Gasteiger partial charge in [0.15, 0.2) is 6.61 Å². The van der Waals surface area contributed by atoms with Crippen LogP contribution in [0.4, 0.5) is 5.69 Å². The summed E-state index contributed by atoms with van der Waals surface area (Å²) in [5, 5.41) is 13.6. The molecule has 3 rings (SSSR count). The molecule has 1 saturated carbocycles. The molecule has 0 spiro atoms. The number of nitro benzene ring substituents is 1. The summed E-state index contributed by atoms with van der Waals surface area (Å²) in [5.74, 6) is 1.03. The van der Waals surface area contributed by atoms with Crippen LogP contribution >= 0.6 is 0 Å². The first-order chi connectivity index (χ1) is 11.0. The Kier molecular flexibility index (Phi) is 4.44. The van der Waals surface area contributed by atoms with E-state index in [1.54, 1.807) is 6.07 Å². The number of rotatable bonds is 6. The molecule has 3 unspecified atom stereocenters. The maximum Gasteiger partial charge on any atom is 0.273 e. The number of carbonyl (C=O) groups is 1. The highest BCUT2D eigenvalue weighted by atomic mass is 16.6. The standard InChI is InChI=1S/C15H20N4O4/c1-9-14(10-5-6-10)17-18-15(9)16-13(20)8-23-12-4-2-3-11(7-12)19(21)22/h2-4,7,9-10,14-15,17-18H,5-6,8H2,1H3,(H,16,20). The van der Waals surface area contributed by atoms with Gasteiger partial charge in [0, 0.05) is 18.0 Å². The normalized spacial score (nSPS) is 26.7. The molecule has 0 bridgehead atoms. The first-order valence-corrected chi connectivity index (χ1v) is 7.72. The largest absolute Gasteiger partial charge is 0.484 e. The van der Waals surface area contributed by atoms with E-state index in [9.17, 15) is 14.9 Å². The molecular formula is C15H20N4O4. The van der Waals surface area contributed by atoms with Crippen molar-refractivity contribution in [2.75, 3.05) is 6.61 Å². The van der Waals surface area contributed by atoms with Gasteiger partial charge in [-0.3, -0.25) is 20.3 Å². The highest BCUT2D eigenvalue weighted by molar-refractivity contribution is 5.77. The molecule has 1 heterocycles.